The number of rotatable bonds is 5. The third kappa shape index (κ3) is 7.23. The van der Waals surface area contributed by atoms with Crippen LogP contribution in [0.2, 0.25) is 0 Å². The number of aliphatic hydroxyl groups is 1. The molecule has 0 atom stereocenters. The number of nitrogens with zero attached hydrogens (tertiary/aromatic N) is 1. The average molecular weight is 324 g/mol. The molecule has 1 aromatic rings. The van der Waals surface area contributed by atoms with Crippen LogP contribution in [0.15, 0.2) is 6.20 Å². The fourth-order valence-corrected chi connectivity index (χ4v) is 1.40. The van der Waals surface area contributed by atoms with Crippen molar-refractivity contribution in [2.24, 2.45) is 11.8 Å². The highest BCUT2D eigenvalue weighted by Crippen LogP contribution is 2.23. The number of Topliss-reactive ketones (excluding diaryl/α,β-unsaturated/α-hetero) is 1. The summed E-state index contributed by atoms with van der Waals surface area (Å²) in [4.78, 5) is 25.5. The second-order valence-corrected chi connectivity index (χ2v) is 5.99. The van der Waals surface area contributed by atoms with Gasteiger partial charge in [-0.3, -0.25) is 14.6 Å². The smallest absolute Gasteiger partial charge is 0.222 e. The number of hydrogen-bond acceptors (Lipinski definition) is 5. The van der Waals surface area contributed by atoms with Crippen molar-refractivity contribution in [1.29, 1.82) is 0 Å². The third-order valence-electron chi connectivity index (χ3n) is 3.38. The lowest BCUT2D eigenvalue weighted by molar-refractivity contribution is -0.124. The van der Waals surface area contributed by atoms with Crippen LogP contribution in [-0.4, -0.2) is 26.9 Å². The monoisotopic (exact) mass is 324 g/mol. The Morgan fingerprint density at radius 2 is 1.74 bits per heavy atom. The van der Waals surface area contributed by atoms with Crippen molar-refractivity contribution in [3.63, 3.8) is 0 Å². The Labute approximate surface area is 137 Å². The Balaban J connectivity index is 0.000000688. The first-order valence-corrected chi connectivity index (χ1v) is 7.67. The highest BCUT2D eigenvalue weighted by Gasteiger charge is 2.13. The molecule has 0 saturated carbocycles. The molecule has 0 aliphatic rings. The summed E-state index contributed by atoms with van der Waals surface area (Å²) < 4.78 is 0. The number of aromatic nitrogens is 1. The third-order valence-corrected chi connectivity index (χ3v) is 3.38. The number of carbonyl (C=O) groups is 2. The van der Waals surface area contributed by atoms with Crippen molar-refractivity contribution in [2.75, 3.05) is 0 Å². The van der Waals surface area contributed by atoms with Gasteiger partial charge in [0.25, 0.3) is 0 Å². The van der Waals surface area contributed by atoms with Crippen molar-refractivity contribution in [2.45, 2.75) is 54.7 Å². The molecule has 1 aromatic heterocycles. The first-order chi connectivity index (χ1) is 10.6. The van der Waals surface area contributed by atoms with E-state index in [-0.39, 0.29) is 42.4 Å². The predicted octanol–water partition coefficient (Wildman–Crippen LogP) is 2.09. The molecule has 3 N–H and O–H groups in total. The van der Waals surface area contributed by atoms with Gasteiger partial charge in [-0.2, -0.15) is 0 Å². The van der Waals surface area contributed by atoms with Gasteiger partial charge >= 0.3 is 0 Å². The molecule has 6 heteroatoms. The molecule has 1 rings (SSSR count). The number of pyridine rings is 1. The maximum absolute atomic E-state index is 11.4. The average Bonchev–Trinajstić information content (AvgIpc) is 2.48. The van der Waals surface area contributed by atoms with Crippen LogP contribution in [0.25, 0.3) is 0 Å². The van der Waals surface area contributed by atoms with E-state index in [4.69, 9.17) is 5.11 Å². The van der Waals surface area contributed by atoms with E-state index in [1.807, 2.05) is 13.8 Å². The molecule has 23 heavy (non-hydrogen) atoms. The minimum atomic E-state index is -0.215. The maximum Gasteiger partial charge on any atom is 0.222 e. The lowest BCUT2D eigenvalue weighted by Gasteiger charge is -2.13. The lowest BCUT2D eigenvalue weighted by atomic mass is 10.1. The number of aryl methyl sites for hydroxylation is 1. The van der Waals surface area contributed by atoms with E-state index < -0.39 is 0 Å². The molecule has 0 bridgehead atoms. The first-order valence-electron chi connectivity index (χ1n) is 7.67. The summed E-state index contributed by atoms with van der Waals surface area (Å²) in [6, 6.07) is 0. The van der Waals surface area contributed by atoms with E-state index in [9.17, 15) is 14.7 Å². The summed E-state index contributed by atoms with van der Waals surface area (Å²) in [5.74, 6) is 0.293. The quantitative estimate of drug-likeness (QED) is 0.770. The van der Waals surface area contributed by atoms with Crippen LogP contribution < -0.4 is 5.32 Å². The van der Waals surface area contributed by atoms with Gasteiger partial charge < -0.3 is 15.5 Å². The number of nitrogens with one attached hydrogen (secondary N) is 1. The molecular weight excluding hydrogens is 296 g/mol. The molecule has 0 aliphatic heterocycles. The highest BCUT2D eigenvalue weighted by molar-refractivity contribution is 5.78. The number of ketones is 1. The van der Waals surface area contributed by atoms with Gasteiger partial charge in [0.2, 0.25) is 5.91 Å². The van der Waals surface area contributed by atoms with Gasteiger partial charge in [-0.05, 0) is 13.8 Å². The summed E-state index contributed by atoms with van der Waals surface area (Å²) in [6.45, 7) is 10.6. The minimum absolute atomic E-state index is 0.0283. The molecular formula is C17H28N2O4. The topological polar surface area (TPSA) is 99.5 Å². The predicted molar refractivity (Wildman–Crippen MR) is 88.8 cm³/mol. The molecule has 1 heterocycles. The number of aliphatic hydroxyl groups excluding tert-OH is 1. The van der Waals surface area contributed by atoms with Crippen LogP contribution in [0.4, 0.5) is 0 Å². The standard InChI is InChI=1S/C12H18N2O3.C5H10O/c1-7(2)12(17)14-5-10-9(6-15)4-13-8(3)11(10)16;1-4(2)5(3)6/h4,7,15-16H,5-6H2,1-3H3,(H,14,17);4H,1-3H3. The Hall–Kier alpha value is -1.95. The zero-order chi connectivity index (χ0) is 18.2. The van der Waals surface area contributed by atoms with Gasteiger partial charge in [-0.25, -0.2) is 0 Å². The van der Waals surface area contributed by atoms with Crippen LogP contribution in [0, 0.1) is 18.8 Å². The van der Waals surface area contributed by atoms with Gasteiger partial charge in [0, 0.05) is 35.7 Å². The van der Waals surface area contributed by atoms with Crippen LogP contribution in [-0.2, 0) is 22.7 Å². The van der Waals surface area contributed by atoms with E-state index in [0.717, 1.165) is 0 Å². The van der Waals surface area contributed by atoms with Crippen molar-refractivity contribution < 1.29 is 19.8 Å². The Morgan fingerprint density at radius 1 is 1.22 bits per heavy atom. The van der Waals surface area contributed by atoms with E-state index in [1.54, 1.807) is 27.7 Å². The zero-order valence-corrected chi connectivity index (χ0v) is 14.8. The molecule has 0 aliphatic carbocycles. The van der Waals surface area contributed by atoms with Crippen LogP contribution in [0.5, 0.6) is 5.75 Å². The Bertz CT molecular complexity index is 540. The van der Waals surface area contributed by atoms with E-state index in [2.05, 4.69) is 10.3 Å². The van der Waals surface area contributed by atoms with E-state index in [1.165, 1.54) is 6.20 Å². The molecule has 130 valence electrons. The molecule has 0 unspecified atom stereocenters. The van der Waals surface area contributed by atoms with Gasteiger partial charge in [0.05, 0.1) is 12.3 Å². The van der Waals surface area contributed by atoms with Gasteiger partial charge in [-0.15, -0.1) is 0 Å². The number of amides is 1. The highest BCUT2D eigenvalue weighted by atomic mass is 16.3. The lowest BCUT2D eigenvalue weighted by Crippen LogP contribution is -2.27. The molecule has 1 amide bonds. The van der Waals surface area contributed by atoms with Gasteiger partial charge in [0.1, 0.15) is 11.5 Å². The number of carbonyl (C=O) groups excluding carboxylic acids is 2. The first kappa shape index (κ1) is 21.0. The molecule has 6 nitrogen and oxygen atoms in total. The number of aromatic hydroxyl groups is 1. The largest absolute Gasteiger partial charge is 0.506 e. The van der Waals surface area contributed by atoms with Gasteiger partial charge in [-0.1, -0.05) is 27.7 Å². The fraction of sp³-hybridized carbons (Fsp3) is 0.588. The Morgan fingerprint density at radius 3 is 2.13 bits per heavy atom. The van der Waals surface area contributed by atoms with Crippen LogP contribution in [0.3, 0.4) is 0 Å². The number of hydrogen-bond donors (Lipinski definition) is 3. The van der Waals surface area contributed by atoms with Crippen LogP contribution in [0.1, 0.15) is 51.4 Å². The second-order valence-electron chi connectivity index (χ2n) is 5.99. The SMILES string of the molecule is CC(=O)C(C)C.Cc1ncc(CO)c(CNC(=O)C(C)C)c1O. The van der Waals surface area contributed by atoms with E-state index >= 15 is 0 Å². The second kappa shape index (κ2) is 9.94. The minimum Gasteiger partial charge on any atom is -0.506 e. The fourth-order valence-electron chi connectivity index (χ4n) is 1.40. The van der Waals surface area contributed by atoms with Crippen LogP contribution >= 0.6 is 0 Å². The maximum atomic E-state index is 11.4. The molecule has 0 spiro atoms. The molecule has 0 saturated heterocycles. The summed E-state index contributed by atoms with van der Waals surface area (Å²) in [5, 5.41) is 21.7. The van der Waals surface area contributed by atoms with Crippen molar-refractivity contribution >= 4 is 11.7 Å². The summed E-state index contributed by atoms with van der Waals surface area (Å²) in [6.07, 6.45) is 1.51. The molecule has 0 radical (unpaired) electrons. The van der Waals surface area contributed by atoms with E-state index in [0.29, 0.717) is 16.8 Å². The summed E-state index contributed by atoms with van der Waals surface area (Å²) in [7, 11) is 0. The van der Waals surface area contributed by atoms with Crippen molar-refractivity contribution in [3.05, 3.63) is 23.0 Å². The summed E-state index contributed by atoms with van der Waals surface area (Å²) >= 11 is 0. The zero-order valence-electron chi connectivity index (χ0n) is 14.8. The van der Waals surface area contributed by atoms with Crippen molar-refractivity contribution in [3.8, 4) is 5.75 Å². The van der Waals surface area contributed by atoms with Crippen molar-refractivity contribution in [1.82, 2.24) is 10.3 Å². The Kier molecular flexibility index (Phi) is 9.10. The molecule has 0 aromatic carbocycles. The van der Waals surface area contributed by atoms with Gasteiger partial charge in [0.15, 0.2) is 0 Å². The summed E-state index contributed by atoms with van der Waals surface area (Å²) in [5.41, 5.74) is 1.53. The normalized spacial score (nSPS) is 10.3. The molecule has 0 fully saturated rings.